The van der Waals surface area contributed by atoms with Gasteiger partial charge in [-0.3, -0.25) is 4.98 Å². The van der Waals surface area contributed by atoms with Gasteiger partial charge in [-0.15, -0.1) is 0 Å². The van der Waals surface area contributed by atoms with Crippen LogP contribution in [0.4, 0.5) is 8.78 Å². The van der Waals surface area contributed by atoms with E-state index in [1.807, 2.05) is 0 Å². The highest BCUT2D eigenvalue weighted by Crippen LogP contribution is 2.19. The molecule has 0 amide bonds. The van der Waals surface area contributed by atoms with Crippen LogP contribution in [0.5, 0.6) is 0 Å². The molecular formula is C10H12F2N2O2. The number of rotatable bonds is 4. The lowest BCUT2D eigenvalue weighted by Crippen LogP contribution is -2.12. The number of hydrogen-bond donors (Lipinski definition) is 1. The van der Waals surface area contributed by atoms with Gasteiger partial charge in [0.15, 0.2) is 0 Å². The largest absolute Gasteiger partial charge is 0.462 e. The fourth-order valence-electron chi connectivity index (χ4n) is 1.18. The molecule has 1 rings (SSSR count). The first-order valence-electron chi connectivity index (χ1n) is 4.74. The standard InChI is InChI=1S/C10H12F2N2O2/c1-2-16-10(15)7-3-8(9(11)12)14-5-6(7)4-13/h3,5,9H,2,4,13H2,1H3. The molecule has 0 saturated carbocycles. The number of aromatic nitrogens is 1. The van der Waals surface area contributed by atoms with Gasteiger partial charge in [0.05, 0.1) is 12.2 Å². The number of hydrogen-bond acceptors (Lipinski definition) is 4. The van der Waals surface area contributed by atoms with Gasteiger partial charge in [-0.1, -0.05) is 0 Å². The Balaban J connectivity index is 3.11. The fraction of sp³-hybridized carbons (Fsp3) is 0.400. The summed E-state index contributed by atoms with van der Waals surface area (Å²) in [6.45, 7) is 1.86. The van der Waals surface area contributed by atoms with Crippen molar-refractivity contribution in [3.63, 3.8) is 0 Å². The molecule has 16 heavy (non-hydrogen) atoms. The average Bonchev–Trinajstić information content (AvgIpc) is 2.28. The van der Waals surface area contributed by atoms with Crippen LogP contribution in [-0.2, 0) is 11.3 Å². The van der Waals surface area contributed by atoms with Gasteiger partial charge in [0, 0.05) is 12.7 Å². The molecule has 0 spiro atoms. The quantitative estimate of drug-likeness (QED) is 0.799. The third kappa shape index (κ3) is 2.73. The van der Waals surface area contributed by atoms with E-state index in [2.05, 4.69) is 4.98 Å². The van der Waals surface area contributed by atoms with Crippen molar-refractivity contribution in [2.45, 2.75) is 19.9 Å². The second-order valence-corrected chi connectivity index (χ2v) is 2.99. The van der Waals surface area contributed by atoms with Gasteiger partial charge in [-0.25, -0.2) is 13.6 Å². The second kappa shape index (κ2) is 5.50. The van der Waals surface area contributed by atoms with Crippen LogP contribution in [-0.4, -0.2) is 17.6 Å². The Bertz CT molecular complexity index is 383. The molecule has 0 aromatic carbocycles. The summed E-state index contributed by atoms with van der Waals surface area (Å²) < 4.78 is 29.5. The number of carbonyl (C=O) groups excluding carboxylic acids is 1. The van der Waals surface area contributed by atoms with Crippen molar-refractivity contribution in [3.05, 3.63) is 29.1 Å². The van der Waals surface area contributed by atoms with Crippen LogP contribution in [0.1, 0.15) is 35.0 Å². The van der Waals surface area contributed by atoms with Crippen molar-refractivity contribution >= 4 is 5.97 Å². The number of halogens is 2. The smallest absolute Gasteiger partial charge is 0.338 e. The molecule has 0 fully saturated rings. The molecule has 4 nitrogen and oxygen atoms in total. The molecule has 1 aromatic rings. The molecule has 0 atom stereocenters. The Labute approximate surface area is 91.4 Å². The Morgan fingerprint density at radius 2 is 2.31 bits per heavy atom. The zero-order valence-corrected chi connectivity index (χ0v) is 8.74. The maximum absolute atomic E-state index is 12.4. The monoisotopic (exact) mass is 230 g/mol. The molecule has 0 radical (unpaired) electrons. The summed E-state index contributed by atoms with van der Waals surface area (Å²) in [5, 5.41) is 0. The predicted molar refractivity (Wildman–Crippen MR) is 53.0 cm³/mol. The van der Waals surface area contributed by atoms with Crippen molar-refractivity contribution in [1.82, 2.24) is 4.98 Å². The van der Waals surface area contributed by atoms with E-state index >= 15 is 0 Å². The number of ether oxygens (including phenoxy) is 1. The molecule has 0 bridgehead atoms. The topological polar surface area (TPSA) is 65.2 Å². The lowest BCUT2D eigenvalue weighted by Gasteiger charge is -2.08. The maximum atomic E-state index is 12.4. The summed E-state index contributed by atoms with van der Waals surface area (Å²) in [6, 6.07) is 1.02. The van der Waals surface area contributed by atoms with Gasteiger partial charge < -0.3 is 10.5 Å². The van der Waals surface area contributed by atoms with E-state index in [0.717, 1.165) is 6.07 Å². The highest BCUT2D eigenvalue weighted by molar-refractivity contribution is 5.91. The van der Waals surface area contributed by atoms with Gasteiger partial charge in [0.25, 0.3) is 6.43 Å². The third-order valence-electron chi connectivity index (χ3n) is 1.95. The molecule has 1 heterocycles. The molecule has 6 heteroatoms. The number of esters is 1. The first kappa shape index (κ1) is 12.5. The van der Waals surface area contributed by atoms with Crippen LogP contribution in [0, 0.1) is 0 Å². The van der Waals surface area contributed by atoms with E-state index in [1.54, 1.807) is 6.92 Å². The molecule has 0 aliphatic heterocycles. The minimum Gasteiger partial charge on any atom is -0.462 e. The van der Waals surface area contributed by atoms with E-state index in [4.69, 9.17) is 10.5 Å². The first-order valence-corrected chi connectivity index (χ1v) is 4.74. The lowest BCUT2D eigenvalue weighted by atomic mass is 10.1. The van der Waals surface area contributed by atoms with Gasteiger partial charge in [0.2, 0.25) is 0 Å². The van der Waals surface area contributed by atoms with E-state index < -0.39 is 18.1 Å². The number of carbonyl (C=O) groups is 1. The molecule has 0 aliphatic carbocycles. The van der Waals surface area contributed by atoms with E-state index in [-0.39, 0.29) is 18.7 Å². The summed E-state index contributed by atoms with van der Waals surface area (Å²) >= 11 is 0. The third-order valence-corrected chi connectivity index (χ3v) is 1.95. The highest BCUT2D eigenvalue weighted by atomic mass is 19.3. The van der Waals surface area contributed by atoms with Crippen LogP contribution >= 0.6 is 0 Å². The fourth-order valence-corrected chi connectivity index (χ4v) is 1.18. The van der Waals surface area contributed by atoms with E-state index in [9.17, 15) is 13.6 Å². The van der Waals surface area contributed by atoms with Gasteiger partial charge in [-0.2, -0.15) is 0 Å². The summed E-state index contributed by atoms with van der Waals surface area (Å²) in [5.41, 5.74) is 5.36. The Morgan fingerprint density at radius 3 is 2.81 bits per heavy atom. The zero-order valence-electron chi connectivity index (χ0n) is 8.74. The van der Waals surface area contributed by atoms with Gasteiger partial charge >= 0.3 is 5.97 Å². The van der Waals surface area contributed by atoms with Crippen LogP contribution in [0.15, 0.2) is 12.3 Å². The zero-order chi connectivity index (χ0) is 12.1. The molecular weight excluding hydrogens is 218 g/mol. The van der Waals surface area contributed by atoms with Gasteiger partial charge in [0.1, 0.15) is 5.69 Å². The maximum Gasteiger partial charge on any atom is 0.338 e. The molecule has 0 saturated heterocycles. The van der Waals surface area contributed by atoms with Crippen molar-refractivity contribution < 1.29 is 18.3 Å². The number of alkyl halides is 2. The molecule has 0 aliphatic rings. The Morgan fingerprint density at radius 1 is 1.62 bits per heavy atom. The second-order valence-electron chi connectivity index (χ2n) is 2.99. The average molecular weight is 230 g/mol. The number of nitrogens with zero attached hydrogens (tertiary/aromatic N) is 1. The molecule has 88 valence electrons. The summed E-state index contributed by atoms with van der Waals surface area (Å²) in [5.74, 6) is -0.660. The van der Waals surface area contributed by atoms with E-state index in [1.165, 1.54) is 6.20 Å². The Kier molecular flexibility index (Phi) is 4.30. The van der Waals surface area contributed by atoms with Crippen LogP contribution in [0.2, 0.25) is 0 Å². The molecule has 1 aromatic heterocycles. The van der Waals surface area contributed by atoms with Crippen molar-refractivity contribution in [1.29, 1.82) is 0 Å². The van der Waals surface area contributed by atoms with Crippen LogP contribution in [0.25, 0.3) is 0 Å². The summed E-state index contributed by atoms with van der Waals surface area (Å²) in [4.78, 5) is 15.0. The number of pyridine rings is 1. The van der Waals surface area contributed by atoms with Gasteiger partial charge in [-0.05, 0) is 18.6 Å². The highest BCUT2D eigenvalue weighted by Gasteiger charge is 2.17. The molecule has 0 unspecified atom stereocenters. The Hall–Kier alpha value is -1.56. The predicted octanol–water partition coefficient (Wildman–Crippen LogP) is 1.65. The SMILES string of the molecule is CCOC(=O)c1cc(C(F)F)ncc1CN. The van der Waals surface area contributed by atoms with E-state index in [0.29, 0.717) is 5.56 Å². The van der Waals surface area contributed by atoms with Crippen LogP contribution in [0.3, 0.4) is 0 Å². The van der Waals surface area contributed by atoms with Crippen molar-refractivity contribution in [3.8, 4) is 0 Å². The lowest BCUT2D eigenvalue weighted by molar-refractivity contribution is 0.0524. The van der Waals surface area contributed by atoms with Crippen molar-refractivity contribution in [2.75, 3.05) is 6.61 Å². The molecule has 2 N–H and O–H groups in total. The minimum absolute atomic E-state index is 0.0463. The minimum atomic E-state index is -2.72. The van der Waals surface area contributed by atoms with Crippen LogP contribution < -0.4 is 5.73 Å². The summed E-state index contributed by atoms with van der Waals surface area (Å²) in [6.07, 6.45) is -1.55. The van der Waals surface area contributed by atoms with Crippen molar-refractivity contribution in [2.24, 2.45) is 5.73 Å². The normalized spacial score (nSPS) is 10.6. The summed E-state index contributed by atoms with van der Waals surface area (Å²) in [7, 11) is 0. The number of nitrogens with two attached hydrogens (primary N) is 1. The first-order chi connectivity index (χ1) is 7.60.